The lowest BCUT2D eigenvalue weighted by molar-refractivity contribution is -0.909. The molecule has 1 aliphatic rings. The Bertz CT molecular complexity index is 132. The third-order valence-electron chi connectivity index (χ3n) is 2.67. The van der Waals surface area contributed by atoms with E-state index >= 15 is 0 Å². The molecular formula is C11H24N+. The highest BCUT2D eigenvalue weighted by Gasteiger charge is 2.43. The van der Waals surface area contributed by atoms with Crippen LogP contribution in [-0.2, 0) is 0 Å². The maximum absolute atomic E-state index is 2.40. The topological polar surface area (TPSA) is 0 Å². The van der Waals surface area contributed by atoms with Gasteiger partial charge in [-0.05, 0) is 6.42 Å². The summed E-state index contributed by atoms with van der Waals surface area (Å²) < 4.78 is 1.18. The van der Waals surface area contributed by atoms with E-state index in [2.05, 4.69) is 41.8 Å². The number of piperidine rings is 1. The average molecular weight is 170 g/mol. The molecule has 1 rings (SSSR count). The van der Waals surface area contributed by atoms with E-state index < -0.39 is 0 Å². The van der Waals surface area contributed by atoms with Gasteiger partial charge in [0.2, 0.25) is 0 Å². The van der Waals surface area contributed by atoms with Crippen LogP contribution in [0.3, 0.4) is 0 Å². The molecular weight excluding hydrogens is 146 g/mol. The normalized spacial score (nSPS) is 31.5. The fourth-order valence-corrected chi connectivity index (χ4v) is 3.78. The molecule has 1 heterocycles. The van der Waals surface area contributed by atoms with Gasteiger partial charge in [-0.3, -0.25) is 0 Å². The maximum Gasteiger partial charge on any atom is 0.0834 e. The Morgan fingerprint density at radius 3 is 1.42 bits per heavy atom. The molecule has 0 spiro atoms. The van der Waals surface area contributed by atoms with Crippen molar-refractivity contribution in [2.45, 2.75) is 34.1 Å². The molecule has 0 aromatic carbocycles. The Labute approximate surface area is 77.4 Å². The fourth-order valence-electron chi connectivity index (χ4n) is 3.78. The molecule has 0 radical (unpaired) electrons. The minimum atomic E-state index is 0.519. The first-order valence-corrected chi connectivity index (χ1v) is 4.94. The van der Waals surface area contributed by atoms with Crippen molar-refractivity contribution in [3.05, 3.63) is 0 Å². The predicted octanol–water partition coefficient (Wildman–Crippen LogP) is 2.52. The molecule has 0 saturated carbocycles. The van der Waals surface area contributed by atoms with Crippen molar-refractivity contribution < 1.29 is 4.48 Å². The highest BCUT2D eigenvalue weighted by molar-refractivity contribution is 4.83. The quantitative estimate of drug-likeness (QED) is 0.490. The Morgan fingerprint density at radius 2 is 1.17 bits per heavy atom. The van der Waals surface area contributed by atoms with E-state index in [1.54, 1.807) is 0 Å². The van der Waals surface area contributed by atoms with Gasteiger partial charge in [-0.25, -0.2) is 0 Å². The SMILES string of the molecule is CC1(C)CC(C)(C)C[N+](C)(C)C1. The number of hydrogen-bond acceptors (Lipinski definition) is 0. The molecule has 0 atom stereocenters. The molecule has 1 nitrogen and oxygen atoms in total. The largest absolute Gasteiger partial charge is 0.328 e. The van der Waals surface area contributed by atoms with Gasteiger partial charge in [0.25, 0.3) is 0 Å². The molecule has 12 heavy (non-hydrogen) atoms. The Hall–Kier alpha value is -0.0400. The van der Waals surface area contributed by atoms with Crippen LogP contribution in [0, 0.1) is 10.8 Å². The zero-order valence-corrected chi connectivity index (χ0v) is 9.57. The maximum atomic E-state index is 2.40. The molecule has 0 amide bonds. The van der Waals surface area contributed by atoms with Crippen LogP contribution >= 0.6 is 0 Å². The van der Waals surface area contributed by atoms with Crippen molar-refractivity contribution in [1.82, 2.24) is 0 Å². The van der Waals surface area contributed by atoms with Crippen LogP contribution in [0.15, 0.2) is 0 Å². The number of nitrogens with zero attached hydrogens (tertiary/aromatic N) is 1. The predicted molar refractivity (Wildman–Crippen MR) is 54.0 cm³/mol. The second-order valence-electron chi connectivity index (χ2n) is 6.76. The monoisotopic (exact) mass is 170 g/mol. The summed E-state index contributed by atoms with van der Waals surface area (Å²) in [5.41, 5.74) is 1.04. The van der Waals surface area contributed by atoms with Crippen molar-refractivity contribution >= 4 is 0 Å². The van der Waals surface area contributed by atoms with E-state index in [9.17, 15) is 0 Å². The van der Waals surface area contributed by atoms with E-state index in [-0.39, 0.29) is 0 Å². The van der Waals surface area contributed by atoms with Gasteiger partial charge in [0.15, 0.2) is 0 Å². The second kappa shape index (κ2) is 2.47. The minimum absolute atomic E-state index is 0.519. The summed E-state index contributed by atoms with van der Waals surface area (Å²) >= 11 is 0. The van der Waals surface area contributed by atoms with Crippen molar-refractivity contribution in [1.29, 1.82) is 0 Å². The van der Waals surface area contributed by atoms with Gasteiger partial charge in [0.05, 0.1) is 27.2 Å². The Morgan fingerprint density at radius 1 is 0.833 bits per heavy atom. The summed E-state index contributed by atoms with van der Waals surface area (Å²) in [6.45, 7) is 12.2. The lowest BCUT2D eigenvalue weighted by atomic mass is 9.70. The van der Waals surface area contributed by atoms with Gasteiger partial charge in [0, 0.05) is 10.8 Å². The summed E-state index contributed by atoms with van der Waals surface area (Å²) in [5.74, 6) is 0. The lowest BCUT2D eigenvalue weighted by Gasteiger charge is -2.49. The van der Waals surface area contributed by atoms with Gasteiger partial charge in [-0.1, -0.05) is 27.7 Å². The summed E-state index contributed by atoms with van der Waals surface area (Å²) in [6.07, 6.45) is 1.36. The first kappa shape index (κ1) is 10.0. The van der Waals surface area contributed by atoms with Crippen LogP contribution in [-0.4, -0.2) is 31.7 Å². The summed E-state index contributed by atoms with van der Waals surface area (Å²) in [7, 11) is 4.70. The number of likely N-dealkylation sites (tertiary alicyclic amines) is 1. The molecule has 0 N–H and O–H groups in total. The number of hydrogen-bond donors (Lipinski definition) is 0. The zero-order chi connectivity index (χ0) is 9.62. The molecule has 1 aliphatic heterocycles. The Balaban J connectivity index is 2.81. The second-order valence-corrected chi connectivity index (χ2v) is 6.76. The highest BCUT2D eigenvalue weighted by Crippen LogP contribution is 2.41. The number of rotatable bonds is 0. The van der Waals surface area contributed by atoms with E-state index in [1.165, 1.54) is 24.0 Å². The van der Waals surface area contributed by atoms with Crippen LogP contribution in [0.1, 0.15) is 34.1 Å². The van der Waals surface area contributed by atoms with Crippen LogP contribution in [0.25, 0.3) is 0 Å². The van der Waals surface area contributed by atoms with Crippen LogP contribution < -0.4 is 0 Å². The standard InChI is InChI=1S/C11H24N/c1-10(2)7-11(3,4)9-12(5,6)8-10/h7-9H2,1-6H3/q+1. The first-order valence-electron chi connectivity index (χ1n) is 4.94. The molecule has 1 saturated heterocycles. The van der Waals surface area contributed by atoms with Crippen LogP contribution in [0.4, 0.5) is 0 Å². The first-order chi connectivity index (χ1) is 5.12. The van der Waals surface area contributed by atoms with Gasteiger partial charge in [0.1, 0.15) is 0 Å². The van der Waals surface area contributed by atoms with Gasteiger partial charge in [-0.2, -0.15) is 0 Å². The highest BCUT2D eigenvalue weighted by atomic mass is 15.3. The molecule has 1 fully saturated rings. The van der Waals surface area contributed by atoms with Crippen LogP contribution in [0.2, 0.25) is 0 Å². The lowest BCUT2D eigenvalue weighted by Crippen LogP contribution is -2.57. The van der Waals surface area contributed by atoms with Crippen molar-refractivity contribution in [2.75, 3.05) is 27.2 Å². The third kappa shape index (κ3) is 2.48. The smallest absolute Gasteiger partial charge is 0.0834 e. The average Bonchev–Trinajstić information content (AvgIpc) is 1.44. The molecule has 72 valence electrons. The summed E-state index contributed by atoms with van der Waals surface area (Å²) in [5, 5.41) is 0. The Kier molecular flexibility index (Phi) is 2.07. The third-order valence-corrected chi connectivity index (χ3v) is 2.67. The van der Waals surface area contributed by atoms with Crippen molar-refractivity contribution in [3.63, 3.8) is 0 Å². The molecule has 0 aliphatic carbocycles. The van der Waals surface area contributed by atoms with E-state index in [0.717, 1.165) is 0 Å². The van der Waals surface area contributed by atoms with Crippen molar-refractivity contribution in [3.8, 4) is 0 Å². The van der Waals surface area contributed by atoms with E-state index in [4.69, 9.17) is 0 Å². The van der Waals surface area contributed by atoms with Gasteiger partial charge in [-0.15, -0.1) is 0 Å². The molecule has 0 aromatic rings. The molecule has 0 bridgehead atoms. The van der Waals surface area contributed by atoms with Crippen LogP contribution in [0.5, 0.6) is 0 Å². The minimum Gasteiger partial charge on any atom is -0.328 e. The molecule has 0 unspecified atom stereocenters. The molecule has 0 aromatic heterocycles. The summed E-state index contributed by atoms with van der Waals surface area (Å²) in [4.78, 5) is 0. The van der Waals surface area contributed by atoms with Crippen molar-refractivity contribution in [2.24, 2.45) is 10.8 Å². The summed E-state index contributed by atoms with van der Waals surface area (Å²) in [6, 6.07) is 0. The fraction of sp³-hybridized carbons (Fsp3) is 1.00. The molecule has 1 heteroatoms. The van der Waals surface area contributed by atoms with Gasteiger partial charge >= 0.3 is 0 Å². The zero-order valence-electron chi connectivity index (χ0n) is 9.57. The van der Waals surface area contributed by atoms with E-state index in [0.29, 0.717) is 10.8 Å². The van der Waals surface area contributed by atoms with E-state index in [1.807, 2.05) is 0 Å². The van der Waals surface area contributed by atoms with Gasteiger partial charge < -0.3 is 4.48 Å². The number of quaternary nitrogens is 1.